The molecule has 1 saturated heterocycles. The first-order valence-corrected chi connectivity index (χ1v) is 10.9. The molecule has 0 saturated carbocycles. The van der Waals surface area contributed by atoms with E-state index in [-0.39, 0.29) is 12.2 Å². The number of hydrogen-bond acceptors (Lipinski definition) is 10. The number of aliphatic hydroxyl groups is 2. The molecule has 1 aliphatic rings. The predicted molar refractivity (Wildman–Crippen MR) is 107 cm³/mol. The second kappa shape index (κ2) is 9.88. The molecule has 1 fully saturated rings. The van der Waals surface area contributed by atoms with Crippen LogP contribution < -0.4 is 11.4 Å². The molecule has 6 N–H and O–H groups in total. The van der Waals surface area contributed by atoms with Gasteiger partial charge in [-0.15, -0.1) is 0 Å². The van der Waals surface area contributed by atoms with E-state index >= 15 is 0 Å². The van der Waals surface area contributed by atoms with Crippen molar-refractivity contribution in [3.63, 3.8) is 0 Å². The number of carbonyl (C=O) groups is 1. The van der Waals surface area contributed by atoms with E-state index < -0.39 is 56.7 Å². The SMILES string of the molecule is Nc1ccn([C@@H]2O[C@H](COP(=O)(O)O[C@@H](Cc3ccccc3)C(=O)O)[C@@H](O)[C@H]2O)c(=O)n1. The number of hydrogen-bond donors (Lipinski definition) is 5. The van der Waals surface area contributed by atoms with E-state index in [1.54, 1.807) is 30.3 Å². The molecule has 1 aromatic carbocycles. The van der Waals surface area contributed by atoms with E-state index in [9.17, 15) is 34.4 Å². The van der Waals surface area contributed by atoms with Crippen LogP contribution in [0.15, 0.2) is 47.4 Å². The second-order valence-electron chi connectivity index (χ2n) is 6.97. The second-order valence-corrected chi connectivity index (χ2v) is 8.38. The summed E-state index contributed by atoms with van der Waals surface area (Å²) >= 11 is 0. The van der Waals surface area contributed by atoms with Crippen LogP contribution in [-0.4, -0.2) is 66.8 Å². The summed E-state index contributed by atoms with van der Waals surface area (Å²) in [5.74, 6) is -1.53. The molecular formula is C18H22N3O10P. The molecule has 0 amide bonds. The highest BCUT2D eigenvalue weighted by atomic mass is 31.2. The average Bonchev–Trinajstić information content (AvgIpc) is 3.01. The fourth-order valence-corrected chi connectivity index (χ4v) is 3.96. The smallest absolute Gasteiger partial charge is 0.473 e. The summed E-state index contributed by atoms with van der Waals surface area (Å²) in [5, 5.41) is 29.7. The van der Waals surface area contributed by atoms with Crippen molar-refractivity contribution in [1.82, 2.24) is 9.55 Å². The lowest BCUT2D eigenvalue weighted by Crippen LogP contribution is -2.36. The van der Waals surface area contributed by atoms with Gasteiger partial charge in [0.2, 0.25) is 0 Å². The summed E-state index contributed by atoms with van der Waals surface area (Å²) in [4.78, 5) is 36.8. The van der Waals surface area contributed by atoms with Crippen LogP contribution in [0.3, 0.4) is 0 Å². The lowest BCUT2D eigenvalue weighted by molar-refractivity contribution is -0.146. The van der Waals surface area contributed by atoms with Gasteiger partial charge in [-0.05, 0) is 11.6 Å². The molecule has 2 heterocycles. The van der Waals surface area contributed by atoms with Crippen molar-refractivity contribution in [3.8, 4) is 0 Å². The Morgan fingerprint density at radius 1 is 1.25 bits per heavy atom. The van der Waals surface area contributed by atoms with E-state index in [4.69, 9.17) is 19.5 Å². The number of ether oxygens (including phenoxy) is 1. The molecule has 3 rings (SSSR count). The largest absolute Gasteiger partial charge is 0.479 e. The van der Waals surface area contributed by atoms with E-state index in [0.717, 1.165) is 4.57 Å². The molecule has 2 aromatic rings. The van der Waals surface area contributed by atoms with Crippen molar-refractivity contribution in [2.75, 3.05) is 12.3 Å². The normalized spacial score (nSPS) is 25.8. The Labute approximate surface area is 181 Å². The monoisotopic (exact) mass is 471 g/mol. The highest BCUT2D eigenvalue weighted by Gasteiger charge is 2.45. The van der Waals surface area contributed by atoms with Gasteiger partial charge in [0.15, 0.2) is 12.3 Å². The number of nitrogens with zero attached hydrogens (tertiary/aromatic N) is 2. The first-order valence-electron chi connectivity index (χ1n) is 9.36. The Balaban J connectivity index is 1.63. The Morgan fingerprint density at radius 3 is 2.56 bits per heavy atom. The molecule has 0 bridgehead atoms. The fourth-order valence-electron chi connectivity index (χ4n) is 3.07. The highest BCUT2D eigenvalue weighted by molar-refractivity contribution is 7.47. The quantitative estimate of drug-likeness (QED) is 0.287. The van der Waals surface area contributed by atoms with E-state index in [1.165, 1.54) is 12.3 Å². The zero-order valence-electron chi connectivity index (χ0n) is 16.5. The van der Waals surface area contributed by atoms with Crippen molar-refractivity contribution in [3.05, 3.63) is 58.6 Å². The van der Waals surface area contributed by atoms with Crippen LogP contribution >= 0.6 is 7.82 Å². The Morgan fingerprint density at radius 2 is 1.94 bits per heavy atom. The first kappa shape index (κ1) is 24.0. The topological polar surface area (TPSA) is 204 Å². The van der Waals surface area contributed by atoms with Crippen molar-refractivity contribution in [2.45, 2.75) is 37.1 Å². The number of anilines is 1. The fraction of sp³-hybridized carbons (Fsp3) is 0.389. The number of aliphatic carboxylic acids is 1. The summed E-state index contributed by atoms with van der Waals surface area (Å²) in [5.41, 5.74) is 5.12. The molecule has 1 aliphatic heterocycles. The molecule has 0 aliphatic carbocycles. The Kier molecular flexibility index (Phi) is 7.41. The number of nitrogen functional groups attached to an aromatic ring is 1. The standard InChI is InChI=1S/C18H22N3O10P/c19-13-6-7-21(18(26)20-13)16-15(23)14(22)12(30-16)9-29-32(27,28)31-11(17(24)25)8-10-4-2-1-3-5-10/h1-7,11-12,14-16,22-23H,8-9H2,(H,24,25)(H,27,28)(H2,19,20,26)/t11-,12+,14+,15+,16+/m0/s1. The maximum absolute atomic E-state index is 12.3. The molecular weight excluding hydrogens is 449 g/mol. The van der Waals surface area contributed by atoms with Crippen molar-refractivity contribution < 1.29 is 43.4 Å². The highest BCUT2D eigenvalue weighted by Crippen LogP contribution is 2.46. The van der Waals surface area contributed by atoms with Gasteiger partial charge < -0.3 is 30.7 Å². The zero-order valence-corrected chi connectivity index (χ0v) is 17.4. The van der Waals surface area contributed by atoms with Crippen LogP contribution in [0.4, 0.5) is 5.82 Å². The Bertz CT molecular complexity index is 1050. The molecule has 174 valence electrons. The number of aliphatic hydroxyl groups excluding tert-OH is 2. The van der Waals surface area contributed by atoms with Crippen LogP contribution in [-0.2, 0) is 29.6 Å². The van der Waals surface area contributed by atoms with Gasteiger partial charge in [0.25, 0.3) is 0 Å². The average molecular weight is 471 g/mol. The van der Waals surface area contributed by atoms with Crippen molar-refractivity contribution in [2.24, 2.45) is 0 Å². The van der Waals surface area contributed by atoms with E-state index in [0.29, 0.717) is 5.56 Å². The van der Waals surface area contributed by atoms with Crippen LogP contribution in [0, 0.1) is 0 Å². The number of carboxylic acids is 1. The molecule has 13 nitrogen and oxygen atoms in total. The van der Waals surface area contributed by atoms with Crippen LogP contribution in [0.1, 0.15) is 11.8 Å². The number of rotatable bonds is 9. The maximum Gasteiger partial charge on any atom is 0.473 e. The number of aromatic nitrogens is 2. The third-order valence-corrected chi connectivity index (χ3v) is 5.66. The molecule has 0 radical (unpaired) electrons. The van der Waals surface area contributed by atoms with E-state index in [1.807, 2.05) is 0 Å². The molecule has 0 spiro atoms. The molecule has 1 aromatic heterocycles. The summed E-state index contributed by atoms with van der Waals surface area (Å²) in [7, 11) is -4.90. The van der Waals surface area contributed by atoms with Gasteiger partial charge in [0.05, 0.1) is 6.61 Å². The van der Waals surface area contributed by atoms with Crippen LogP contribution in [0.25, 0.3) is 0 Å². The molecule has 14 heteroatoms. The van der Waals surface area contributed by atoms with Gasteiger partial charge in [-0.2, -0.15) is 4.98 Å². The predicted octanol–water partition coefficient (Wildman–Crippen LogP) is -0.726. The summed E-state index contributed by atoms with van der Waals surface area (Å²) in [6, 6.07) is 9.60. The van der Waals surface area contributed by atoms with Gasteiger partial charge in [-0.25, -0.2) is 14.2 Å². The van der Waals surface area contributed by atoms with Crippen LogP contribution in [0.5, 0.6) is 0 Å². The number of benzene rings is 1. The minimum atomic E-state index is -4.90. The van der Waals surface area contributed by atoms with E-state index in [2.05, 4.69) is 4.98 Å². The van der Waals surface area contributed by atoms with Gasteiger partial charge in [0, 0.05) is 12.6 Å². The maximum atomic E-state index is 12.3. The van der Waals surface area contributed by atoms with Crippen molar-refractivity contribution in [1.29, 1.82) is 0 Å². The molecule has 32 heavy (non-hydrogen) atoms. The zero-order chi connectivity index (χ0) is 23.5. The van der Waals surface area contributed by atoms with Gasteiger partial charge in [-0.1, -0.05) is 30.3 Å². The number of carboxylic acid groups (broad SMARTS) is 1. The van der Waals surface area contributed by atoms with Gasteiger partial charge >= 0.3 is 19.5 Å². The van der Waals surface area contributed by atoms with Gasteiger partial charge in [-0.3, -0.25) is 13.6 Å². The first-order chi connectivity index (χ1) is 15.1. The number of phosphoric acid groups is 1. The summed E-state index contributed by atoms with van der Waals surface area (Å²) < 4.78 is 28.1. The van der Waals surface area contributed by atoms with Gasteiger partial charge in [0.1, 0.15) is 24.1 Å². The third-order valence-electron chi connectivity index (χ3n) is 4.66. The molecule has 1 unspecified atom stereocenters. The lowest BCUT2D eigenvalue weighted by Gasteiger charge is -2.20. The third kappa shape index (κ3) is 5.78. The summed E-state index contributed by atoms with van der Waals surface area (Å²) in [6.45, 7) is -0.739. The number of nitrogens with two attached hydrogens (primary N) is 1. The molecule has 6 atom stereocenters. The van der Waals surface area contributed by atoms with Crippen molar-refractivity contribution >= 4 is 19.6 Å². The van der Waals surface area contributed by atoms with Crippen LogP contribution in [0.2, 0.25) is 0 Å². The minimum Gasteiger partial charge on any atom is -0.479 e. The minimum absolute atomic E-state index is 0.0546. The summed E-state index contributed by atoms with van der Waals surface area (Å²) in [6.07, 6.45) is -6.54. The Hall–Kier alpha value is -2.64. The number of phosphoric ester groups is 1. The lowest BCUT2D eigenvalue weighted by atomic mass is 10.1.